The van der Waals surface area contributed by atoms with Crippen molar-refractivity contribution in [3.05, 3.63) is 59.7 Å². The van der Waals surface area contributed by atoms with E-state index in [0.29, 0.717) is 31.9 Å². The van der Waals surface area contributed by atoms with Gasteiger partial charge in [0.05, 0.1) is 5.41 Å². The quantitative estimate of drug-likeness (QED) is 0.920. The average molecular weight is 355 g/mol. The van der Waals surface area contributed by atoms with E-state index < -0.39 is 5.41 Å². The largest absolute Gasteiger partial charge is 0.357 e. The maximum Gasteiger partial charge on any atom is 0.270 e. The molecular formula is C20H22FN3O2. The summed E-state index contributed by atoms with van der Waals surface area (Å²) >= 11 is 0. The number of amides is 2. The molecule has 3 heterocycles. The molecule has 2 aliphatic heterocycles. The van der Waals surface area contributed by atoms with Crippen molar-refractivity contribution in [3.8, 4) is 0 Å². The smallest absolute Gasteiger partial charge is 0.270 e. The third-order valence-corrected chi connectivity index (χ3v) is 5.56. The first-order valence-corrected chi connectivity index (χ1v) is 9.04. The monoisotopic (exact) mass is 355 g/mol. The number of piperidine rings is 1. The minimum atomic E-state index is -0.492. The van der Waals surface area contributed by atoms with Crippen molar-refractivity contribution >= 4 is 11.8 Å². The van der Waals surface area contributed by atoms with Crippen molar-refractivity contribution in [1.82, 2.24) is 14.8 Å². The summed E-state index contributed by atoms with van der Waals surface area (Å²) in [6.45, 7) is 2.21. The molecule has 4 rings (SSSR count). The van der Waals surface area contributed by atoms with Crippen LogP contribution in [0.4, 0.5) is 4.39 Å². The van der Waals surface area contributed by atoms with Crippen LogP contribution in [-0.4, -0.2) is 46.2 Å². The average Bonchev–Trinajstić information content (AvgIpc) is 3.27. The Morgan fingerprint density at radius 1 is 1.19 bits per heavy atom. The zero-order chi connectivity index (χ0) is 18.1. The van der Waals surface area contributed by atoms with Crippen molar-refractivity contribution in [2.75, 3.05) is 19.6 Å². The van der Waals surface area contributed by atoms with Crippen molar-refractivity contribution in [3.63, 3.8) is 0 Å². The highest BCUT2D eigenvalue weighted by Crippen LogP contribution is 2.41. The normalized spacial score (nSPS) is 23.0. The molecule has 0 radical (unpaired) electrons. The third kappa shape index (κ3) is 3.00. The summed E-state index contributed by atoms with van der Waals surface area (Å²) in [6.07, 6.45) is 4.11. The van der Waals surface area contributed by atoms with Gasteiger partial charge in [0.2, 0.25) is 5.91 Å². The number of hydrogen-bond acceptors (Lipinski definition) is 2. The van der Waals surface area contributed by atoms with Gasteiger partial charge in [-0.3, -0.25) is 9.59 Å². The highest BCUT2D eigenvalue weighted by atomic mass is 19.1. The predicted octanol–water partition coefficient (Wildman–Crippen LogP) is 2.81. The van der Waals surface area contributed by atoms with Crippen LogP contribution in [0.3, 0.4) is 0 Å². The Hall–Kier alpha value is -2.63. The van der Waals surface area contributed by atoms with Crippen LogP contribution < -0.4 is 0 Å². The van der Waals surface area contributed by atoms with Crippen LogP contribution in [0.25, 0.3) is 0 Å². The lowest BCUT2D eigenvalue weighted by Gasteiger charge is -2.38. The minimum Gasteiger partial charge on any atom is -0.357 e. The van der Waals surface area contributed by atoms with Crippen LogP contribution >= 0.6 is 0 Å². The molecule has 2 fully saturated rings. The number of carbonyl (C=O) groups is 2. The molecule has 0 aliphatic carbocycles. The van der Waals surface area contributed by atoms with E-state index >= 15 is 0 Å². The number of likely N-dealkylation sites (tertiary alicyclic amines) is 2. The van der Waals surface area contributed by atoms with E-state index in [4.69, 9.17) is 0 Å². The number of H-pyrrole nitrogens is 1. The summed E-state index contributed by atoms with van der Waals surface area (Å²) in [4.78, 5) is 32.3. The summed E-state index contributed by atoms with van der Waals surface area (Å²) in [5.74, 6) is -0.250. The van der Waals surface area contributed by atoms with Gasteiger partial charge in [-0.15, -0.1) is 0 Å². The standard InChI is InChI=1S/C20H22FN3O2/c21-16-5-1-4-15(12-16)13-23-11-8-20(19(23)26)7-3-10-24(14-20)18(25)17-6-2-9-22-17/h1-2,4-6,9,12,22H,3,7-8,10-11,13-14H2. The SMILES string of the molecule is O=C(c1ccc[nH]1)N1CCCC2(CCN(Cc3cccc(F)c3)C2=O)C1. The fraction of sp³-hybridized carbons (Fsp3) is 0.400. The molecule has 1 aromatic carbocycles. The lowest BCUT2D eigenvalue weighted by Crippen LogP contribution is -2.49. The maximum atomic E-state index is 13.4. The molecule has 6 heteroatoms. The van der Waals surface area contributed by atoms with E-state index in [1.165, 1.54) is 12.1 Å². The number of aromatic amines is 1. The lowest BCUT2D eigenvalue weighted by atomic mass is 9.78. The number of benzene rings is 1. The Morgan fingerprint density at radius 2 is 2.08 bits per heavy atom. The van der Waals surface area contributed by atoms with Gasteiger partial charge in [0, 0.05) is 32.4 Å². The second kappa shape index (κ2) is 6.59. The fourth-order valence-corrected chi connectivity index (χ4v) is 4.22. The first kappa shape index (κ1) is 16.8. The molecule has 0 bridgehead atoms. The Kier molecular flexibility index (Phi) is 4.26. The molecule has 5 nitrogen and oxygen atoms in total. The summed E-state index contributed by atoms with van der Waals surface area (Å²) in [6, 6.07) is 9.94. The van der Waals surface area contributed by atoms with E-state index in [1.807, 2.05) is 6.07 Å². The second-order valence-corrected chi connectivity index (χ2v) is 7.30. The fourth-order valence-electron chi connectivity index (χ4n) is 4.22. The number of nitrogens with zero attached hydrogens (tertiary/aromatic N) is 2. The Morgan fingerprint density at radius 3 is 2.85 bits per heavy atom. The summed E-state index contributed by atoms with van der Waals surface area (Å²) in [7, 11) is 0. The molecule has 1 aromatic heterocycles. The third-order valence-electron chi connectivity index (χ3n) is 5.56. The molecule has 26 heavy (non-hydrogen) atoms. The minimum absolute atomic E-state index is 0.0505. The topological polar surface area (TPSA) is 56.4 Å². The van der Waals surface area contributed by atoms with E-state index in [0.717, 1.165) is 24.8 Å². The summed E-state index contributed by atoms with van der Waals surface area (Å²) < 4.78 is 13.4. The van der Waals surface area contributed by atoms with Gasteiger partial charge in [0.1, 0.15) is 11.5 Å². The van der Waals surface area contributed by atoms with E-state index in [2.05, 4.69) is 4.98 Å². The van der Waals surface area contributed by atoms with Crippen LogP contribution in [0.1, 0.15) is 35.3 Å². The number of hydrogen-bond donors (Lipinski definition) is 1. The molecule has 1 unspecified atom stereocenters. The molecule has 2 aromatic rings. The molecule has 1 atom stereocenters. The first-order valence-electron chi connectivity index (χ1n) is 9.04. The molecule has 2 aliphatic rings. The van der Waals surface area contributed by atoms with Gasteiger partial charge < -0.3 is 14.8 Å². The molecule has 2 saturated heterocycles. The molecule has 1 N–H and O–H groups in total. The predicted molar refractivity (Wildman–Crippen MR) is 94.8 cm³/mol. The molecule has 2 amide bonds. The van der Waals surface area contributed by atoms with Gasteiger partial charge in [-0.25, -0.2) is 4.39 Å². The Bertz CT molecular complexity index is 820. The van der Waals surface area contributed by atoms with Crippen LogP contribution in [0, 0.1) is 11.2 Å². The van der Waals surface area contributed by atoms with E-state index in [9.17, 15) is 14.0 Å². The van der Waals surface area contributed by atoms with Crippen LogP contribution in [-0.2, 0) is 11.3 Å². The summed E-state index contributed by atoms with van der Waals surface area (Å²) in [5.41, 5.74) is 0.864. The molecule has 136 valence electrons. The van der Waals surface area contributed by atoms with E-state index in [-0.39, 0.29) is 17.6 Å². The van der Waals surface area contributed by atoms with Crippen molar-refractivity contribution in [1.29, 1.82) is 0 Å². The number of aromatic nitrogens is 1. The lowest BCUT2D eigenvalue weighted by molar-refractivity contribution is -0.138. The van der Waals surface area contributed by atoms with Gasteiger partial charge in [-0.1, -0.05) is 12.1 Å². The number of halogens is 1. The van der Waals surface area contributed by atoms with Crippen LogP contribution in [0.2, 0.25) is 0 Å². The van der Waals surface area contributed by atoms with Gasteiger partial charge in [-0.2, -0.15) is 0 Å². The van der Waals surface area contributed by atoms with Crippen molar-refractivity contribution < 1.29 is 14.0 Å². The molecule has 0 saturated carbocycles. The zero-order valence-corrected chi connectivity index (χ0v) is 14.6. The molecule has 1 spiro atoms. The Labute approximate surface area is 151 Å². The summed E-state index contributed by atoms with van der Waals surface area (Å²) in [5, 5.41) is 0. The van der Waals surface area contributed by atoms with Crippen molar-refractivity contribution in [2.45, 2.75) is 25.8 Å². The van der Waals surface area contributed by atoms with Gasteiger partial charge in [0.25, 0.3) is 5.91 Å². The highest BCUT2D eigenvalue weighted by molar-refractivity contribution is 5.93. The van der Waals surface area contributed by atoms with Gasteiger partial charge in [-0.05, 0) is 49.1 Å². The van der Waals surface area contributed by atoms with Crippen LogP contribution in [0.5, 0.6) is 0 Å². The van der Waals surface area contributed by atoms with Gasteiger partial charge in [0.15, 0.2) is 0 Å². The number of nitrogens with one attached hydrogen (secondary N) is 1. The first-order chi connectivity index (χ1) is 12.6. The Balaban J connectivity index is 1.48. The zero-order valence-electron chi connectivity index (χ0n) is 14.6. The van der Waals surface area contributed by atoms with Crippen LogP contribution in [0.15, 0.2) is 42.6 Å². The maximum absolute atomic E-state index is 13.4. The van der Waals surface area contributed by atoms with E-state index in [1.54, 1.807) is 34.2 Å². The highest BCUT2D eigenvalue weighted by Gasteiger charge is 2.49. The number of carbonyl (C=O) groups excluding carboxylic acids is 2. The second-order valence-electron chi connectivity index (χ2n) is 7.30. The van der Waals surface area contributed by atoms with Gasteiger partial charge >= 0.3 is 0 Å². The molecular weight excluding hydrogens is 333 g/mol. The number of rotatable bonds is 3. The van der Waals surface area contributed by atoms with Crippen molar-refractivity contribution in [2.24, 2.45) is 5.41 Å².